The van der Waals surface area contributed by atoms with Gasteiger partial charge in [0.05, 0.1) is 18.7 Å². The third-order valence-corrected chi connectivity index (χ3v) is 4.68. The number of ether oxygens (including phenoxy) is 1. The van der Waals surface area contributed by atoms with Gasteiger partial charge in [0, 0.05) is 23.1 Å². The summed E-state index contributed by atoms with van der Waals surface area (Å²) in [5.41, 5.74) is 3.67. The van der Waals surface area contributed by atoms with E-state index in [1.807, 2.05) is 63.5 Å². The molecule has 0 fully saturated rings. The molecule has 26 heavy (non-hydrogen) atoms. The van der Waals surface area contributed by atoms with Crippen molar-refractivity contribution in [1.82, 2.24) is 15.2 Å². The first-order valence-electron chi connectivity index (χ1n) is 8.67. The molecule has 1 unspecified atom stereocenters. The lowest BCUT2D eigenvalue weighted by atomic mass is 10.0. The summed E-state index contributed by atoms with van der Waals surface area (Å²) < 4.78 is 5.32. The Bertz CT molecular complexity index is 915. The Morgan fingerprint density at radius 3 is 2.69 bits per heavy atom. The minimum Gasteiger partial charge on any atom is -0.497 e. The maximum Gasteiger partial charge on any atom is 0.253 e. The van der Waals surface area contributed by atoms with Gasteiger partial charge in [-0.3, -0.25) is 4.79 Å². The van der Waals surface area contributed by atoms with Crippen LogP contribution in [0.5, 0.6) is 5.75 Å². The molecule has 0 aliphatic heterocycles. The molecular weight excluding hydrogens is 326 g/mol. The van der Waals surface area contributed by atoms with Crippen LogP contribution in [0.3, 0.4) is 0 Å². The predicted octanol–water partition coefficient (Wildman–Crippen LogP) is 3.52. The number of methoxy groups -OCH3 is 1. The zero-order valence-corrected chi connectivity index (χ0v) is 15.7. The number of amides is 1. The smallest absolute Gasteiger partial charge is 0.253 e. The van der Waals surface area contributed by atoms with Gasteiger partial charge < -0.3 is 19.9 Å². The van der Waals surface area contributed by atoms with Crippen molar-refractivity contribution in [3.8, 4) is 5.75 Å². The first kappa shape index (κ1) is 18.0. The summed E-state index contributed by atoms with van der Waals surface area (Å²) in [6, 6.07) is 15.9. The molecular formula is C21H25N3O2. The number of rotatable bonds is 6. The number of nitrogens with one attached hydrogen (secondary N) is 2. The van der Waals surface area contributed by atoms with Gasteiger partial charge in [0.25, 0.3) is 5.91 Å². The number of hydrogen-bond donors (Lipinski definition) is 2. The van der Waals surface area contributed by atoms with Gasteiger partial charge in [-0.1, -0.05) is 30.3 Å². The molecule has 0 saturated heterocycles. The fourth-order valence-electron chi connectivity index (χ4n) is 3.29. The number of carbonyl (C=O) groups excluding carboxylic acids is 1. The van der Waals surface area contributed by atoms with E-state index in [-0.39, 0.29) is 11.9 Å². The summed E-state index contributed by atoms with van der Waals surface area (Å²) in [7, 11) is 5.67. The first-order chi connectivity index (χ1) is 12.5. The molecule has 1 aromatic heterocycles. The Kier molecular flexibility index (Phi) is 5.28. The van der Waals surface area contributed by atoms with Gasteiger partial charge in [0.15, 0.2) is 0 Å². The van der Waals surface area contributed by atoms with Crippen LogP contribution in [0.25, 0.3) is 10.9 Å². The molecule has 2 aromatic carbocycles. The molecule has 0 radical (unpaired) electrons. The number of hydrogen-bond acceptors (Lipinski definition) is 3. The fourth-order valence-corrected chi connectivity index (χ4v) is 3.29. The second kappa shape index (κ2) is 7.62. The van der Waals surface area contributed by atoms with Gasteiger partial charge in [-0.05, 0) is 44.8 Å². The fraction of sp³-hybridized carbons (Fsp3) is 0.286. The average Bonchev–Trinajstić information content (AvgIpc) is 2.97. The Balaban J connectivity index is 1.80. The Morgan fingerprint density at radius 1 is 1.19 bits per heavy atom. The van der Waals surface area contributed by atoms with Gasteiger partial charge in [-0.25, -0.2) is 0 Å². The number of nitrogens with zero attached hydrogens (tertiary/aromatic N) is 1. The van der Waals surface area contributed by atoms with Crippen LogP contribution in [0.1, 0.15) is 27.7 Å². The van der Waals surface area contributed by atoms with Crippen LogP contribution >= 0.6 is 0 Å². The highest BCUT2D eigenvalue weighted by Crippen LogP contribution is 2.24. The Morgan fingerprint density at radius 2 is 1.96 bits per heavy atom. The molecule has 0 aliphatic carbocycles. The zero-order chi connectivity index (χ0) is 18.7. The SMILES string of the molecule is COc1cccc(C(CNC(=O)c2c(C)[nH]c3ccccc23)N(C)C)c1. The van der Waals surface area contributed by atoms with Gasteiger partial charge in [-0.2, -0.15) is 0 Å². The van der Waals surface area contributed by atoms with E-state index in [9.17, 15) is 4.79 Å². The van der Waals surface area contributed by atoms with E-state index in [2.05, 4.69) is 21.3 Å². The molecule has 0 saturated carbocycles. The molecule has 3 rings (SSSR count). The summed E-state index contributed by atoms with van der Waals surface area (Å²) in [5.74, 6) is 0.753. The van der Waals surface area contributed by atoms with Crippen molar-refractivity contribution in [2.24, 2.45) is 0 Å². The molecule has 136 valence electrons. The molecule has 1 atom stereocenters. The first-order valence-corrected chi connectivity index (χ1v) is 8.67. The number of aryl methyl sites for hydroxylation is 1. The summed E-state index contributed by atoms with van der Waals surface area (Å²) in [6.07, 6.45) is 0. The number of carbonyl (C=O) groups is 1. The van der Waals surface area contributed by atoms with Crippen molar-refractivity contribution in [3.05, 3.63) is 65.4 Å². The van der Waals surface area contributed by atoms with Crippen LogP contribution in [-0.2, 0) is 0 Å². The normalized spacial score (nSPS) is 12.3. The molecule has 0 aliphatic rings. The molecule has 5 nitrogen and oxygen atoms in total. The van der Waals surface area contributed by atoms with Crippen LogP contribution in [0, 0.1) is 6.92 Å². The molecule has 5 heteroatoms. The zero-order valence-electron chi connectivity index (χ0n) is 15.7. The molecule has 1 heterocycles. The van der Waals surface area contributed by atoms with Crippen molar-refractivity contribution in [2.45, 2.75) is 13.0 Å². The van der Waals surface area contributed by atoms with Gasteiger partial charge >= 0.3 is 0 Å². The quantitative estimate of drug-likeness (QED) is 0.714. The van der Waals surface area contributed by atoms with Crippen molar-refractivity contribution < 1.29 is 9.53 Å². The van der Waals surface area contributed by atoms with E-state index in [1.54, 1.807) is 7.11 Å². The van der Waals surface area contributed by atoms with Crippen LogP contribution in [0.15, 0.2) is 48.5 Å². The van der Waals surface area contributed by atoms with Crippen molar-refractivity contribution >= 4 is 16.8 Å². The van der Waals surface area contributed by atoms with Crippen LogP contribution < -0.4 is 10.1 Å². The summed E-state index contributed by atoms with van der Waals surface area (Å²) in [5, 5.41) is 4.04. The minimum atomic E-state index is -0.0605. The number of H-pyrrole nitrogens is 1. The molecule has 1 amide bonds. The second-order valence-corrected chi connectivity index (χ2v) is 6.64. The standard InChI is InChI=1S/C21H25N3O2/c1-14-20(17-10-5-6-11-18(17)23-14)21(25)22-13-19(24(2)3)15-8-7-9-16(12-15)26-4/h5-12,19,23H,13H2,1-4H3,(H,22,25). The number of aromatic nitrogens is 1. The molecule has 3 aromatic rings. The lowest BCUT2D eigenvalue weighted by Gasteiger charge is -2.25. The topological polar surface area (TPSA) is 57.4 Å². The maximum atomic E-state index is 12.8. The number of likely N-dealkylation sites (N-methyl/N-ethyl adjacent to an activating group) is 1. The van der Waals surface area contributed by atoms with E-state index in [4.69, 9.17) is 4.74 Å². The van der Waals surface area contributed by atoms with Gasteiger partial charge in [-0.15, -0.1) is 0 Å². The molecule has 0 bridgehead atoms. The van der Waals surface area contributed by atoms with E-state index in [1.165, 1.54) is 0 Å². The van der Waals surface area contributed by atoms with Crippen LogP contribution in [-0.4, -0.2) is 43.5 Å². The third-order valence-electron chi connectivity index (χ3n) is 4.68. The van der Waals surface area contributed by atoms with Gasteiger partial charge in [0.1, 0.15) is 5.75 Å². The van der Waals surface area contributed by atoms with E-state index < -0.39 is 0 Å². The van der Waals surface area contributed by atoms with Crippen molar-refractivity contribution in [1.29, 1.82) is 0 Å². The summed E-state index contributed by atoms with van der Waals surface area (Å²) in [4.78, 5) is 18.2. The largest absolute Gasteiger partial charge is 0.497 e. The van der Waals surface area contributed by atoms with E-state index in [0.717, 1.165) is 27.9 Å². The lowest BCUT2D eigenvalue weighted by Crippen LogP contribution is -2.34. The van der Waals surface area contributed by atoms with E-state index in [0.29, 0.717) is 12.1 Å². The molecule has 0 spiro atoms. The highest BCUT2D eigenvalue weighted by atomic mass is 16.5. The van der Waals surface area contributed by atoms with Crippen LogP contribution in [0.2, 0.25) is 0 Å². The molecule has 2 N–H and O–H groups in total. The average molecular weight is 351 g/mol. The predicted molar refractivity (Wildman–Crippen MR) is 105 cm³/mol. The minimum absolute atomic E-state index is 0.0552. The summed E-state index contributed by atoms with van der Waals surface area (Å²) >= 11 is 0. The third kappa shape index (κ3) is 3.58. The lowest BCUT2D eigenvalue weighted by molar-refractivity contribution is 0.0943. The van der Waals surface area contributed by atoms with Gasteiger partial charge in [0.2, 0.25) is 0 Å². The highest BCUT2D eigenvalue weighted by Gasteiger charge is 2.19. The van der Waals surface area contributed by atoms with E-state index >= 15 is 0 Å². The monoisotopic (exact) mass is 351 g/mol. The number of aromatic amines is 1. The van der Waals surface area contributed by atoms with Crippen molar-refractivity contribution in [3.63, 3.8) is 0 Å². The maximum absolute atomic E-state index is 12.8. The Labute approximate surface area is 154 Å². The Hall–Kier alpha value is -2.79. The van der Waals surface area contributed by atoms with Crippen LogP contribution in [0.4, 0.5) is 0 Å². The number of benzene rings is 2. The second-order valence-electron chi connectivity index (χ2n) is 6.64. The van der Waals surface area contributed by atoms with Crippen molar-refractivity contribution in [2.75, 3.05) is 27.7 Å². The highest BCUT2D eigenvalue weighted by molar-refractivity contribution is 6.08. The summed E-state index contributed by atoms with van der Waals surface area (Å²) in [6.45, 7) is 2.44. The number of para-hydroxylation sites is 1. The number of fused-ring (bicyclic) bond motifs is 1.